The van der Waals surface area contributed by atoms with Crippen LogP contribution in [0, 0.1) is 0 Å². The molecule has 4 rings (SSSR count). The Kier molecular flexibility index (Phi) is 21.4. The zero-order valence-corrected chi connectivity index (χ0v) is 22.6. The van der Waals surface area contributed by atoms with Crippen molar-refractivity contribution in [2.24, 2.45) is 0 Å². The zero-order chi connectivity index (χ0) is 28.2. The summed E-state index contributed by atoms with van der Waals surface area (Å²) < 4.78 is 0. The normalized spacial score (nSPS) is 10.5. The maximum absolute atomic E-state index is 10.2. The van der Waals surface area contributed by atoms with Crippen LogP contribution in [0.2, 0.25) is 0 Å². The molecule has 2 aromatic carbocycles. The van der Waals surface area contributed by atoms with Crippen LogP contribution in [0.15, 0.2) is 109 Å². The lowest BCUT2D eigenvalue weighted by Crippen LogP contribution is -1.97. The summed E-state index contributed by atoms with van der Waals surface area (Å²) in [7, 11) is 0. The first-order valence-corrected chi connectivity index (χ1v) is 12.7. The summed E-state index contributed by atoms with van der Waals surface area (Å²) in [4.78, 5) is 28.2. The molecule has 6 heteroatoms. The second-order valence-corrected chi connectivity index (χ2v) is 8.48. The van der Waals surface area contributed by atoms with E-state index in [1.807, 2.05) is 18.3 Å². The topological polar surface area (TPSA) is 100 Å². The highest BCUT2D eigenvalue weighted by atomic mass is 16.4. The summed E-state index contributed by atoms with van der Waals surface area (Å²) in [6, 6.07) is 29.8. The molecule has 2 aromatic heterocycles. The minimum Gasteiger partial charge on any atom is -0.478 e. The Balaban J connectivity index is 0. The Morgan fingerprint density at radius 2 is 1.10 bits per heavy atom. The van der Waals surface area contributed by atoms with Gasteiger partial charge in [-0.2, -0.15) is 0 Å². The van der Waals surface area contributed by atoms with Crippen molar-refractivity contribution in [2.75, 3.05) is 0 Å². The fraction of sp³-hybridized carbons (Fsp3) is 0.294. The molecule has 40 heavy (non-hydrogen) atoms. The van der Waals surface area contributed by atoms with E-state index < -0.39 is 11.9 Å². The summed E-state index contributed by atoms with van der Waals surface area (Å²) in [6.07, 6.45) is 5.69. The Bertz CT molecular complexity index is 1060. The maximum atomic E-state index is 10.2. The zero-order valence-electron chi connectivity index (χ0n) is 22.6. The molecule has 2 N–H and O–H groups in total. The van der Waals surface area contributed by atoms with Gasteiger partial charge in [0.1, 0.15) is 5.69 Å². The predicted octanol–water partition coefficient (Wildman–Crippen LogP) is 9.23. The molecule has 0 aliphatic heterocycles. The van der Waals surface area contributed by atoms with Gasteiger partial charge in [0.2, 0.25) is 0 Å². The lowest BCUT2D eigenvalue weighted by atomic mass is 9.99. The monoisotopic (exact) mass is 546 g/mol. The van der Waals surface area contributed by atoms with Gasteiger partial charge in [-0.15, -0.1) is 0 Å². The minimum atomic E-state index is -0.990. The highest BCUT2D eigenvalue weighted by Crippen LogP contribution is 2.17. The third-order valence-corrected chi connectivity index (χ3v) is 5.69. The van der Waals surface area contributed by atoms with Crippen molar-refractivity contribution < 1.29 is 19.8 Å². The molecule has 0 aliphatic rings. The van der Waals surface area contributed by atoms with E-state index in [-0.39, 0.29) is 20.5 Å². The summed E-state index contributed by atoms with van der Waals surface area (Å²) in [5.74, 6) is -0.561. The quantitative estimate of drug-likeness (QED) is 0.250. The van der Waals surface area contributed by atoms with E-state index in [4.69, 9.17) is 10.2 Å². The summed E-state index contributed by atoms with van der Waals surface area (Å²) in [6.45, 7) is 8.86. The highest BCUT2D eigenvalue weighted by molar-refractivity contribution is 5.87. The molecule has 0 fully saturated rings. The standard InChI is InChI=1S/C10H14.C9H13N.C7H6O2.C6H5NO2.2CH4/c1-3-9(2)10-7-5-4-6-8-10;1-3-8(2)9-6-4-5-7-10-9;8-7(9)6-4-2-1-3-5-6;8-6(9)5-3-1-2-4-7-5;;/h4-9H,3H2,1-2H3;4-8H,3H2,1-2H3;1-5H,(H,8,9);1-4H,(H,8,9);2*1H4. The molecule has 4 aromatic rings. The minimum absolute atomic E-state index is 0. The second-order valence-electron chi connectivity index (χ2n) is 8.48. The molecule has 0 saturated carbocycles. The number of aromatic nitrogens is 2. The molecular formula is C34H46N2O4. The van der Waals surface area contributed by atoms with Crippen LogP contribution in [-0.4, -0.2) is 32.1 Å². The van der Waals surface area contributed by atoms with Crippen molar-refractivity contribution in [1.29, 1.82) is 0 Å². The predicted molar refractivity (Wildman–Crippen MR) is 166 cm³/mol. The number of carboxylic acid groups (broad SMARTS) is 2. The fourth-order valence-electron chi connectivity index (χ4n) is 2.96. The lowest BCUT2D eigenvalue weighted by Gasteiger charge is -2.06. The summed E-state index contributed by atoms with van der Waals surface area (Å²) in [5.41, 5.74) is 3.06. The van der Waals surface area contributed by atoms with Gasteiger partial charge >= 0.3 is 11.9 Å². The van der Waals surface area contributed by atoms with E-state index in [0.29, 0.717) is 17.4 Å². The van der Waals surface area contributed by atoms with Gasteiger partial charge in [0.25, 0.3) is 0 Å². The van der Waals surface area contributed by atoms with Gasteiger partial charge < -0.3 is 10.2 Å². The molecule has 2 atom stereocenters. The van der Waals surface area contributed by atoms with Crippen LogP contribution < -0.4 is 0 Å². The molecule has 216 valence electrons. The number of benzene rings is 2. The van der Waals surface area contributed by atoms with Crippen LogP contribution in [0.5, 0.6) is 0 Å². The second kappa shape index (κ2) is 22.6. The largest absolute Gasteiger partial charge is 0.478 e. The smallest absolute Gasteiger partial charge is 0.354 e. The van der Waals surface area contributed by atoms with Crippen LogP contribution in [0.4, 0.5) is 0 Å². The lowest BCUT2D eigenvalue weighted by molar-refractivity contribution is 0.0682. The Labute approximate surface area is 240 Å². The van der Waals surface area contributed by atoms with Crippen molar-refractivity contribution in [1.82, 2.24) is 9.97 Å². The first kappa shape index (κ1) is 37.8. The molecule has 0 radical (unpaired) electrons. The van der Waals surface area contributed by atoms with Gasteiger partial charge in [0.05, 0.1) is 5.56 Å². The summed E-state index contributed by atoms with van der Waals surface area (Å²) in [5, 5.41) is 16.7. The molecule has 2 heterocycles. The molecule has 2 unspecified atom stereocenters. The van der Waals surface area contributed by atoms with E-state index in [9.17, 15) is 9.59 Å². The molecule has 0 bridgehead atoms. The van der Waals surface area contributed by atoms with E-state index in [0.717, 1.165) is 6.42 Å². The van der Waals surface area contributed by atoms with Gasteiger partial charge in [0, 0.05) is 18.1 Å². The number of nitrogens with zero attached hydrogens (tertiary/aromatic N) is 2. The van der Waals surface area contributed by atoms with Crippen LogP contribution in [0.1, 0.15) is 99.3 Å². The van der Waals surface area contributed by atoms with Crippen molar-refractivity contribution in [3.8, 4) is 0 Å². The Morgan fingerprint density at radius 1 is 0.625 bits per heavy atom. The number of carboxylic acids is 2. The number of aromatic carboxylic acids is 2. The molecular weight excluding hydrogens is 500 g/mol. The average Bonchev–Trinajstić information content (AvgIpc) is 2.99. The number of hydrogen-bond donors (Lipinski definition) is 2. The van der Waals surface area contributed by atoms with E-state index in [2.05, 4.69) is 74.1 Å². The van der Waals surface area contributed by atoms with Gasteiger partial charge in [-0.1, -0.05) is 103 Å². The number of rotatable bonds is 6. The number of carbonyl (C=O) groups is 2. The van der Waals surface area contributed by atoms with Crippen LogP contribution >= 0.6 is 0 Å². The third kappa shape index (κ3) is 15.8. The van der Waals surface area contributed by atoms with Crippen LogP contribution in [0.3, 0.4) is 0 Å². The molecule has 6 nitrogen and oxygen atoms in total. The molecule has 0 spiro atoms. The summed E-state index contributed by atoms with van der Waals surface area (Å²) >= 11 is 0. The average molecular weight is 547 g/mol. The fourth-order valence-corrected chi connectivity index (χ4v) is 2.96. The molecule has 0 saturated heterocycles. The van der Waals surface area contributed by atoms with E-state index >= 15 is 0 Å². The van der Waals surface area contributed by atoms with E-state index in [1.165, 1.54) is 29.9 Å². The third-order valence-electron chi connectivity index (χ3n) is 5.69. The van der Waals surface area contributed by atoms with E-state index in [1.54, 1.807) is 42.5 Å². The molecule has 0 amide bonds. The first-order valence-electron chi connectivity index (χ1n) is 12.7. The van der Waals surface area contributed by atoms with Crippen molar-refractivity contribution in [3.05, 3.63) is 132 Å². The van der Waals surface area contributed by atoms with Crippen LogP contribution in [-0.2, 0) is 0 Å². The number of pyridine rings is 2. The number of hydrogen-bond acceptors (Lipinski definition) is 4. The molecule has 0 aliphatic carbocycles. The maximum Gasteiger partial charge on any atom is 0.354 e. The highest BCUT2D eigenvalue weighted by Gasteiger charge is 2.01. The SMILES string of the molecule is C.C.CCC(C)c1ccccc1.CCC(C)c1ccccn1.O=C(O)c1ccccc1.O=C(O)c1ccccn1. The van der Waals surface area contributed by atoms with Crippen LogP contribution in [0.25, 0.3) is 0 Å². The first-order chi connectivity index (χ1) is 18.3. The Morgan fingerprint density at radius 3 is 1.45 bits per heavy atom. The van der Waals surface area contributed by atoms with Crippen molar-refractivity contribution in [3.63, 3.8) is 0 Å². The van der Waals surface area contributed by atoms with Gasteiger partial charge in [-0.3, -0.25) is 4.98 Å². The van der Waals surface area contributed by atoms with Crippen molar-refractivity contribution >= 4 is 11.9 Å². The Hall–Kier alpha value is -4.32. The van der Waals surface area contributed by atoms with Crippen molar-refractivity contribution in [2.45, 2.75) is 67.2 Å². The van der Waals surface area contributed by atoms with Gasteiger partial charge in [0.15, 0.2) is 0 Å². The van der Waals surface area contributed by atoms with Gasteiger partial charge in [-0.05, 0) is 66.6 Å². The van der Waals surface area contributed by atoms with Gasteiger partial charge in [-0.25, -0.2) is 14.6 Å².